The topological polar surface area (TPSA) is 55.4 Å². The molecule has 106 valence electrons. The highest BCUT2D eigenvalue weighted by atomic mass is 16.1. The van der Waals surface area contributed by atoms with Gasteiger partial charge in [0, 0.05) is 11.1 Å². The minimum absolute atomic E-state index is 0.429. The largest absolute Gasteiger partial charge is 0.368 e. The molecule has 21 heavy (non-hydrogen) atoms. The second-order valence-electron chi connectivity index (χ2n) is 4.65. The van der Waals surface area contributed by atoms with Gasteiger partial charge < -0.3 is 5.73 Å². The molecule has 1 atom stereocenters. The third-order valence-corrected chi connectivity index (χ3v) is 3.10. The molecule has 0 fully saturated rings. The smallest absolute Gasteiger partial charge is 0.242 e. The van der Waals surface area contributed by atoms with Crippen molar-refractivity contribution < 1.29 is 4.79 Å². The van der Waals surface area contributed by atoms with E-state index in [0.29, 0.717) is 6.42 Å². The first-order valence-electron chi connectivity index (χ1n) is 6.81. The van der Waals surface area contributed by atoms with Gasteiger partial charge in [0.2, 0.25) is 5.91 Å². The van der Waals surface area contributed by atoms with Crippen molar-refractivity contribution in [2.75, 3.05) is 0 Å². The second kappa shape index (κ2) is 7.20. The number of nitrogens with zero attached hydrogens (tertiary/aromatic N) is 1. The number of hydrogen-bond donors (Lipinski definition) is 1. The Morgan fingerprint density at radius 3 is 1.90 bits per heavy atom. The first-order valence-corrected chi connectivity index (χ1v) is 6.81. The summed E-state index contributed by atoms with van der Waals surface area (Å²) in [6.07, 6.45) is 2.09. The van der Waals surface area contributed by atoms with Crippen molar-refractivity contribution in [2.45, 2.75) is 12.5 Å². The number of hydrogen-bond acceptors (Lipinski definition) is 2. The van der Waals surface area contributed by atoms with Gasteiger partial charge in [-0.15, -0.1) is 6.58 Å². The van der Waals surface area contributed by atoms with Crippen LogP contribution in [0.2, 0.25) is 0 Å². The summed E-state index contributed by atoms with van der Waals surface area (Å²) in [6.45, 7) is 3.66. The number of carbonyl (C=O) groups is 1. The molecule has 2 N–H and O–H groups in total. The van der Waals surface area contributed by atoms with Crippen LogP contribution in [0.25, 0.3) is 0 Å². The van der Waals surface area contributed by atoms with Crippen LogP contribution >= 0.6 is 0 Å². The lowest BCUT2D eigenvalue weighted by Gasteiger charge is -2.12. The number of aliphatic imine (C=N–C) groups is 1. The molecule has 1 amide bonds. The molecular formula is C18H18N2O. The molecule has 0 aliphatic heterocycles. The van der Waals surface area contributed by atoms with Crippen molar-refractivity contribution in [3.63, 3.8) is 0 Å². The summed E-state index contributed by atoms with van der Waals surface area (Å²) < 4.78 is 0. The zero-order chi connectivity index (χ0) is 15.1. The quantitative estimate of drug-likeness (QED) is 0.641. The van der Waals surface area contributed by atoms with Crippen molar-refractivity contribution in [2.24, 2.45) is 10.7 Å². The molecular weight excluding hydrogens is 260 g/mol. The Hall–Kier alpha value is -2.68. The van der Waals surface area contributed by atoms with Crippen LogP contribution in [0.15, 0.2) is 78.3 Å². The van der Waals surface area contributed by atoms with E-state index in [1.54, 1.807) is 6.08 Å². The Balaban J connectivity index is 2.50. The molecule has 0 saturated heterocycles. The van der Waals surface area contributed by atoms with Crippen LogP contribution in [0.1, 0.15) is 17.5 Å². The van der Waals surface area contributed by atoms with Gasteiger partial charge in [0.05, 0.1) is 5.71 Å². The molecule has 0 bridgehead atoms. The third-order valence-electron chi connectivity index (χ3n) is 3.10. The molecule has 2 aromatic rings. The number of primary amides is 1. The van der Waals surface area contributed by atoms with Gasteiger partial charge in [-0.3, -0.25) is 9.79 Å². The molecule has 0 heterocycles. The second-order valence-corrected chi connectivity index (χ2v) is 4.65. The lowest BCUT2D eigenvalue weighted by Crippen LogP contribution is -2.28. The van der Waals surface area contributed by atoms with Crippen molar-refractivity contribution in [1.29, 1.82) is 0 Å². The molecule has 2 rings (SSSR count). The van der Waals surface area contributed by atoms with Crippen molar-refractivity contribution >= 4 is 11.6 Å². The standard InChI is InChI=1S/C18H18N2O/c1-2-9-16(18(19)21)20-17(14-10-5-3-6-11-14)15-12-7-4-8-13-15/h2-8,10-13,16H,1,9H2,(H2,19,21). The highest BCUT2D eigenvalue weighted by Gasteiger charge is 2.15. The molecule has 0 aromatic heterocycles. The molecule has 3 heteroatoms. The van der Waals surface area contributed by atoms with Gasteiger partial charge in [0.1, 0.15) is 6.04 Å². The Kier molecular flexibility index (Phi) is 5.04. The van der Waals surface area contributed by atoms with Crippen LogP contribution in [-0.2, 0) is 4.79 Å². The van der Waals surface area contributed by atoms with Crippen LogP contribution in [0, 0.1) is 0 Å². The summed E-state index contributed by atoms with van der Waals surface area (Å²) in [5.74, 6) is -0.445. The summed E-state index contributed by atoms with van der Waals surface area (Å²) >= 11 is 0. The minimum atomic E-state index is -0.599. The van der Waals surface area contributed by atoms with Crippen LogP contribution in [0.5, 0.6) is 0 Å². The van der Waals surface area contributed by atoms with Crippen molar-refractivity contribution in [1.82, 2.24) is 0 Å². The highest BCUT2D eigenvalue weighted by Crippen LogP contribution is 2.13. The van der Waals surface area contributed by atoms with E-state index in [9.17, 15) is 4.79 Å². The van der Waals surface area contributed by atoms with Crippen LogP contribution in [0.3, 0.4) is 0 Å². The molecule has 3 nitrogen and oxygen atoms in total. The number of carbonyl (C=O) groups excluding carboxylic acids is 1. The Morgan fingerprint density at radius 1 is 1.05 bits per heavy atom. The van der Waals surface area contributed by atoms with Gasteiger partial charge in [-0.05, 0) is 6.42 Å². The van der Waals surface area contributed by atoms with E-state index in [2.05, 4.69) is 11.6 Å². The summed E-state index contributed by atoms with van der Waals surface area (Å²) in [5.41, 5.74) is 8.11. The molecule has 0 radical (unpaired) electrons. The van der Waals surface area contributed by atoms with Crippen LogP contribution in [-0.4, -0.2) is 17.7 Å². The lowest BCUT2D eigenvalue weighted by atomic mass is 10.0. The number of benzene rings is 2. The zero-order valence-corrected chi connectivity index (χ0v) is 11.8. The average Bonchev–Trinajstić information content (AvgIpc) is 2.53. The van der Waals surface area contributed by atoms with Gasteiger partial charge in [-0.1, -0.05) is 66.7 Å². The van der Waals surface area contributed by atoms with Gasteiger partial charge in [-0.25, -0.2) is 0 Å². The number of amides is 1. The van der Waals surface area contributed by atoms with Crippen LogP contribution in [0.4, 0.5) is 0 Å². The van der Waals surface area contributed by atoms with Crippen LogP contribution < -0.4 is 5.73 Å². The van der Waals surface area contributed by atoms with Gasteiger partial charge >= 0.3 is 0 Å². The van der Waals surface area contributed by atoms with E-state index in [4.69, 9.17) is 5.73 Å². The maximum Gasteiger partial charge on any atom is 0.242 e. The maximum atomic E-state index is 11.6. The van der Waals surface area contributed by atoms with E-state index in [1.807, 2.05) is 60.7 Å². The Bertz CT molecular complexity index is 591. The number of rotatable bonds is 6. The van der Waals surface area contributed by atoms with E-state index in [1.165, 1.54) is 0 Å². The summed E-state index contributed by atoms with van der Waals surface area (Å²) in [5, 5.41) is 0. The van der Waals surface area contributed by atoms with E-state index >= 15 is 0 Å². The van der Waals surface area contributed by atoms with Gasteiger partial charge in [0.15, 0.2) is 0 Å². The monoisotopic (exact) mass is 278 g/mol. The lowest BCUT2D eigenvalue weighted by molar-refractivity contribution is -0.119. The molecule has 0 spiro atoms. The fourth-order valence-electron chi connectivity index (χ4n) is 2.05. The Labute approximate surface area is 124 Å². The van der Waals surface area contributed by atoms with Gasteiger partial charge in [-0.2, -0.15) is 0 Å². The maximum absolute atomic E-state index is 11.6. The molecule has 0 aliphatic rings. The van der Waals surface area contributed by atoms with E-state index < -0.39 is 11.9 Å². The molecule has 0 saturated carbocycles. The van der Waals surface area contributed by atoms with E-state index in [0.717, 1.165) is 16.8 Å². The fourth-order valence-corrected chi connectivity index (χ4v) is 2.05. The third kappa shape index (κ3) is 3.89. The first-order chi connectivity index (χ1) is 10.2. The molecule has 1 unspecified atom stereocenters. The summed E-state index contributed by atoms with van der Waals surface area (Å²) in [7, 11) is 0. The Morgan fingerprint density at radius 2 is 1.52 bits per heavy atom. The van der Waals surface area contributed by atoms with Crippen molar-refractivity contribution in [3.8, 4) is 0 Å². The normalized spacial score (nSPS) is 11.4. The zero-order valence-electron chi connectivity index (χ0n) is 11.8. The van der Waals surface area contributed by atoms with Gasteiger partial charge in [0.25, 0.3) is 0 Å². The predicted molar refractivity (Wildman–Crippen MR) is 86.3 cm³/mol. The number of nitrogens with two attached hydrogens (primary N) is 1. The van der Waals surface area contributed by atoms with Crippen molar-refractivity contribution in [3.05, 3.63) is 84.4 Å². The molecule has 0 aliphatic carbocycles. The first kappa shape index (κ1) is 14.7. The minimum Gasteiger partial charge on any atom is -0.368 e. The summed E-state index contributed by atoms with van der Waals surface area (Å²) in [6, 6.07) is 19.0. The molecule has 2 aromatic carbocycles. The fraction of sp³-hybridized carbons (Fsp3) is 0.111. The highest BCUT2D eigenvalue weighted by molar-refractivity contribution is 6.13. The average molecular weight is 278 g/mol. The SMILES string of the molecule is C=CCC(N=C(c1ccccc1)c1ccccc1)C(N)=O. The summed E-state index contributed by atoms with van der Waals surface area (Å²) in [4.78, 5) is 16.1. The van der Waals surface area contributed by atoms with E-state index in [-0.39, 0.29) is 0 Å². The predicted octanol–water partition coefficient (Wildman–Crippen LogP) is 2.95.